The second kappa shape index (κ2) is 5.75. The van der Waals surface area contributed by atoms with Crippen molar-refractivity contribution in [2.75, 3.05) is 38.3 Å². The molecule has 20 heavy (non-hydrogen) atoms. The van der Waals surface area contributed by atoms with Gasteiger partial charge in [0.1, 0.15) is 12.1 Å². The van der Waals surface area contributed by atoms with Crippen molar-refractivity contribution in [3.8, 4) is 0 Å². The molecule has 3 aliphatic rings. The van der Waals surface area contributed by atoms with E-state index < -0.39 is 0 Å². The molecular weight excluding hydrogens is 256 g/mol. The van der Waals surface area contributed by atoms with Crippen LogP contribution in [-0.2, 0) is 9.53 Å². The molecule has 3 aliphatic heterocycles. The smallest absolute Gasteiger partial charge is 0.227 e. The van der Waals surface area contributed by atoms with E-state index in [1.807, 2.05) is 11.0 Å². The third-order valence-corrected chi connectivity index (χ3v) is 4.22. The highest BCUT2D eigenvalue weighted by Crippen LogP contribution is 2.30. The molecule has 0 aromatic carbocycles. The van der Waals surface area contributed by atoms with Crippen LogP contribution in [0.15, 0.2) is 18.6 Å². The zero-order chi connectivity index (χ0) is 13.9. The second-order valence-corrected chi connectivity index (χ2v) is 5.43. The van der Waals surface area contributed by atoms with Crippen molar-refractivity contribution in [2.24, 2.45) is 5.92 Å². The van der Waals surface area contributed by atoms with Crippen LogP contribution in [0.1, 0.15) is 12.8 Å². The molecule has 6 nitrogen and oxygen atoms in total. The van der Waals surface area contributed by atoms with Crippen molar-refractivity contribution >= 4 is 11.7 Å². The van der Waals surface area contributed by atoms with Gasteiger partial charge >= 0.3 is 0 Å². The molecule has 0 radical (unpaired) electrons. The summed E-state index contributed by atoms with van der Waals surface area (Å²) in [7, 11) is 1.67. The Hall–Kier alpha value is -1.69. The monoisotopic (exact) mass is 276 g/mol. The summed E-state index contributed by atoms with van der Waals surface area (Å²) >= 11 is 0. The van der Waals surface area contributed by atoms with Gasteiger partial charge in [-0.05, 0) is 18.9 Å². The number of piperidine rings is 1. The lowest BCUT2D eigenvalue weighted by Gasteiger charge is -2.35. The predicted octanol–water partition coefficient (Wildman–Crippen LogP) is 0.550. The lowest BCUT2D eigenvalue weighted by molar-refractivity contribution is -0.140. The number of fused-ring (bicyclic) bond motifs is 4. The number of nitrogens with zero attached hydrogens (tertiary/aromatic N) is 4. The number of carbonyl (C=O) groups excluding carboxylic acids is 1. The Morgan fingerprint density at radius 2 is 2.30 bits per heavy atom. The Bertz CT molecular complexity index is 468. The minimum atomic E-state index is 0.0839. The Kier molecular flexibility index (Phi) is 3.82. The van der Waals surface area contributed by atoms with Gasteiger partial charge < -0.3 is 14.5 Å². The van der Waals surface area contributed by atoms with Crippen molar-refractivity contribution in [2.45, 2.75) is 18.9 Å². The average molecular weight is 276 g/mol. The van der Waals surface area contributed by atoms with Crippen LogP contribution in [0.4, 0.5) is 5.82 Å². The first-order chi connectivity index (χ1) is 9.79. The normalized spacial score (nSPS) is 25.9. The van der Waals surface area contributed by atoms with E-state index in [-0.39, 0.29) is 17.9 Å². The summed E-state index contributed by atoms with van der Waals surface area (Å²) < 4.78 is 5.12. The van der Waals surface area contributed by atoms with E-state index in [1.54, 1.807) is 19.6 Å². The number of hydrogen-bond acceptors (Lipinski definition) is 5. The van der Waals surface area contributed by atoms with Gasteiger partial charge in [0, 0.05) is 39.0 Å². The number of hydrogen-bond donors (Lipinski definition) is 0. The number of rotatable bonds is 4. The van der Waals surface area contributed by atoms with Gasteiger partial charge in [0.2, 0.25) is 5.91 Å². The van der Waals surface area contributed by atoms with Crippen LogP contribution in [0.3, 0.4) is 0 Å². The first-order valence-electron chi connectivity index (χ1n) is 7.10. The molecule has 3 saturated heterocycles. The number of ether oxygens (including phenoxy) is 1. The Labute approximate surface area is 118 Å². The third-order valence-electron chi connectivity index (χ3n) is 4.22. The summed E-state index contributed by atoms with van der Waals surface area (Å²) in [6.45, 7) is 2.90. The number of aromatic nitrogens is 2. The molecule has 0 aliphatic carbocycles. The molecule has 0 N–H and O–H groups in total. The molecule has 0 unspecified atom stereocenters. The Balaban J connectivity index is 1.79. The molecule has 6 heteroatoms. The summed E-state index contributed by atoms with van der Waals surface area (Å²) in [5.74, 6) is 1.27. The number of amides is 1. The van der Waals surface area contributed by atoms with E-state index >= 15 is 0 Å². The van der Waals surface area contributed by atoms with Crippen molar-refractivity contribution < 1.29 is 9.53 Å². The number of methoxy groups -OCH3 is 1. The molecule has 108 valence electrons. The summed E-state index contributed by atoms with van der Waals surface area (Å²) in [4.78, 5) is 25.0. The summed E-state index contributed by atoms with van der Waals surface area (Å²) in [5.41, 5.74) is 0. The SMILES string of the molecule is COCCN1C(=O)[C@H]2CC[C@@H]1CN(c1ccncn1)C2. The fourth-order valence-corrected chi connectivity index (χ4v) is 3.18. The van der Waals surface area contributed by atoms with E-state index in [0.717, 1.165) is 31.7 Å². The first kappa shape index (κ1) is 13.3. The maximum Gasteiger partial charge on any atom is 0.227 e. The fourth-order valence-electron chi connectivity index (χ4n) is 3.18. The molecule has 1 aromatic rings. The van der Waals surface area contributed by atoms with Crippen molar-refractivity contribution in [1.29, 1.82) is 0 Å². The molecule has 0 spiro atoms. The van der Waals surface area contributed by atoms with Crippen LogP contribution in [0.25, 0.3) is 0 Å². The summed E-state index contributed by atoms with van der Waals surface area (Å²) in [6, 6.07) is 2.18. The summed E-state index contributed by atoms with van der Waals surface area (Å²) in [6.07, 6.45) is 5.36. The molecule has 1 aromatic heterocycles. The van der Waals surface area contributed by atoms with Crippen molar-refractivity contribution in [3.63, 3.8) is 0 Å². The van der Waals surface area contributed by atoms with Crippen molar-refractivity contribution in [1.82, 2.24) is 14.9 Å². The Morgan fingerprint density at radius 3 is 3.05 bits per heavy atom. The largest absolute Gasteiger partial charge is 0.383 e. The van der Waals surface area contributed by atoms with Gasteiger partial charge in [-0.15, -0.1) is 0 Å². The average Bonchev–Trinajstić information content (AvgIpc) is 2.78. The Morgan fingerprint density at radius 1 is 1.40 bits per heavy atom. The van der Waals surface area contributed by atoms with Crippen LogP contribution in [-0.4, -0.2) is 60.2 Å². The molecular formula is C14H20N4O2. The minimum Gasteiger partial charge on any atom is -0.383 e. The number of carbonyl (C=O) groups is 1. The quantitative estimate of drug-likeness (QED) is 0.804. The predicted molar refractivity (Wildman–Crippen MR) is 74.3 cm³/mol. The van der Waals surface area contributed by atoms with Crippen LogP contribution in [0, 0.1) is 5.92 Å². The first-order valence-corrected chi connectivity index (χ1v) is 7.10. The fraction of sp³-hybridized carbons (Fsp3) is 0.643. The molecule has 4 heterocycles. The van der Waals surface area contributed by atoms with E-state index in [9.17, 15) is 4.79 Å². The minimum absolute atomic E-state index is 0.0839. The van der Waals surface area contributed by atoms with Crippen LogP contribution < -0.4 is 4.90 Å². The van der Waals surface area contributed by atoms with Gasteiger partial charge in [-0.25, -0.2) is 9.97 Å². The zero-order valence-electron chi connectivity index (χ0n) is 11.7. The van der Waals surface area contributed by atoms with E-state index in [0.29, 0.717) is 13.2 Å². The second-order valence-electron chi connectivity index (χ2n) is 5.43. The molecule has 3 fully saturated rings. The maximum absolute atomic E-state index is 12.5. The maximum atomic E-state index is 12.5. The molecule has 2 bridgehead atoms. The highest BCUT2D eigenvalue weighted by Gasteiger charge is 2.40. The van der Waals surface area contributed by atoms with Gasteiger partial charge in [0.25, 0.3) is 0 Å². The molecule has 2 atom stereocenters. The van der Waals surface area contributed by atoms with E-state index in [4.69, 9.17) is 4.74 Å². The number of anilines is 1. The van der Waals surface area contributed by atoms with E-state index in [1.165, 1.54) is 0 Å². The lowest BCUT2D eigenvalue weighted by atomic mass is 9.94. The molecule has 0 saturated carbocycles. The topological polar surface area (TPSA) is 58.6 Å². The van der Waals surface area contributed by atoms with Gasteiger partial charge in [0.15, 0.2) is 0 Å². The van der Waals surface area contributed by atoms with Gasteiger partial charge in [0.05, 0.1) is 12.5 Å². The van der Waals surface area contributed by atoms with Gasteiger partial charge in [-0.1, -0.05) is 0 Å². The molecule has 1 amide bonds. The van der Waals surface area contributed by atoms with E-state index in [2.05, 4.69) is 14.9 Å². The standard InChI is InChI=1S/C14H20N4O2/c1-20-7-6-18-12-3-2-11(14(18)19)8-17(9-12)13-4-5-15-10-16-13/h4-5,10-12H,2-3,6-9H2,1H3/t11-,12+/m0/s1. The lowest BCUT2D eigenvalue weighted by Crippen LogP contribution is -2.49. The van der Waals surface area contributed by atoms with Crippen LogP contribution in [0.5, 0.6) is 0 Å². The van der Waals surface area contributed by atoms with Crippen LogP contribution in [0.2, 0.25) is 0 Å². The summed E-state index contributed by atoms with van der Waals surface area (Å²) in [5, 5.41) is 0. The highest BCUT2D eigenvalue weighted by molar-refractivity contribution is 5.81. The molecule has 4 rings (SSSR count). The van der Waals surface area contributed by atoms with Gasteiger partial charge in [-0.2, -0.15) is 0 Å². The van der Waals surface area contributed by atoms with Crippen molar-refractivity contribution in [3.05, 3.63) is 18.6 Å². The van der Waals surface area contributed by atoms with Crippen LogP contribution >= 0.6 is 0 Å². The highest BCUT2D eigenvalue weighted by atomic mass is 16.5. The van der Waals surface area contributed by atoms with Gasteiger partial charge in [-0.3, -0.25) is 4.79 Å². The zero-order valence-corrected chi connectivity index (χ0v) is 11.7. The third kappa shape index (κ3) is 2.47.